The summed E-state index contributed by atoms with van der Waals surface area (Å²) >= 11 is 0. The van der Waals surface area contributed by atoms with Crippen LogP contribution in [0.25, 0.3) is 5.69 Å². The standard InChI is InChI=1S/C22H21N3O/c1-26-21-10-6-19(7-11-21)22(25-15-12-23-17-25)16-18-4-8-20(9-5-18)24-13-2-3-14-24/h2-15,17,22H,16H2,1H3. The Labute approximate surface area is 153 Å². The van der Waals surface area contributed by atoms with E-state index in [2.05, 4.69) is 62.9 Å². The highest BCUT2D eigenvalue weighted by Gasteiger charge is 2.14. The molecular formula is C22H21N3O. The first-order valence-corrected chi connectivity index (χ1v) is 8.67. The van der Waals surface area contributed by atoms with Crippen molar-refractivity contribution in [1.82, 2.24) is 14.1 Å². The van der Waals surface area contributed by atoms with Gasteiger partial charge in [0, 0.05) is 30.5 Å². The van der Waals surface area contributed by atoms with E-state index in [1.54, 1.807) is 7.11 Å². The van der Waals surface area contributed by atoms with Crippen molar-refractivity contribution in [3.63, 3.8) is 0 Å². The smallest absolute Gasteiger partial charge is 0.118 e. The summed E-state index contributed by atoms with van der Waals surface area (Å²) in [6.45, 7) is 0. The summed E-state index contributed by atoms with van der Waals surface area (Å²) in [6, 6.07) is 21.2. The number of imidazole rings is 1. The van der Waals surface area contributed by atoms with E-state index in [-0.39, 0.29) is 6.04 Å². The second-order valence-electron chi connectivity index (χ2n) is 6.26. The van der Waals surface area contributed by atoms with Crippen LogP contribution in [0, 0.1) is 0 Å². The maximum Gasteiger partial charge on any atom is 0.118 e. The van der Waals surface area contributed by atoms with Crippen LogP contribution < -0.4 is 4.74 Å². The molecule has 0 saturated carbocycles. The summed E-state index contributed by atoms with van der Waals surface area (Å²) in [6.07, 6.45) is 10.7. The fraction of sp³-hybridized carbons (Fsp3) is 0.136. The maximum atomic E-state index is 5.28. The zero-order chi connectivity index (χ0) is 17.8. The van der Waals surface area contributed by atoms with Crippen LogP contribution in [0.3, 0.4) is 0 Å². The Morgan fingerprint density at radius 1 is 0.923 bits per heavy atom. The summed E-state index contributed by atoms with van der Waals surface area (Å²) < 4.78 is 9.55. The zero-order valence-corrected chi connectivity index (χ0v) is 14.7. The molecule has 1 unspecified atom stereocenters. The van der Waals surface area contributed by atoms with Gasteiger partial charge >= 0.3 is 0 Å². The Bertz CT molecular complexity index is 924. The first-order chi connectivity index (χ1) is 12.8. The van der Waals surface area contributed by atoms with Crippen molar-refractivity contribution in [3.8, 4) is 11.4 Å². The third kappa shape index (κ3) is 3.40. The average Bonchev–Trinajstić information content (AvgIpc) is 3.41. The molecule has 4 rings (SSSR count). The number of hydrogen-bond acceptors (Lipinski definition) is 2. The molecule has 0 radical (unpaired) electrons. The summed E-state index contributed by atoms with van der Waals surface area (Å²) in [5, 5.41) is 0. The molecule has 130 valence electrons. The molecular weight excluding hydrogens is 322 g/mol. The lowest BCUT2D eigenvalue weighted by atomic mass is 9.98. The molecule has 0 aliphatic carbocycles. The number of aromatic nitrogens is 3. The van der Waals surface area contributed by atoms with Gasteiger partial charge in [-0.15, -0.1) is 0 Å². The molecule has 0 aliphatic rings. The molecule has 0 aliphatic heterocycles. The van der Waals surface area contributed by atoms with E-state index in [1.807, 2.05) is 43.0 Å². The van der Waals surface area contributed by atoms with Crippen LogP contribution in [0.1, 0.15) is 17.2 Å². The summed E-state index contributed by atoms with van der Waals surface area (Å²) in [4.78, 5) is 4.23. The lowest BCUT2D eigenvalue weighted by Crippen LogP contribution is -2.12. The van der Waals surface area contributed by atoms with Gasteiger partial charge in [0.1, 0.15) is 5.75 Å². The van der Waals surface area contributed by atoms with Gasteiger partial charge in [-0.1, -0.05) is 24.3 Å². The molecule has 0 N–H and O–H groups in total. The Morgan fingerprint density at radius 2 is 1.65 bits per heavy atom. The van der Waals surface area contributed by atoms with Gasteiger partial charge in [-0.25, -0.2) is 4.98 Å². The van der Waals surface area contributed by atoms with Gasteiger partial charge in [0.2, 0.25) is 0 Å². The monoisotopic (exact) mass is 343 g/mol. The highest BCUT2D eigenvalue weighted by molar-refractivity contribution is 5.37. The number of rotatable bonds is 6. The van der Waals surface area contributed by atoms with Crippen molar-refractivity contribution in [1.29, 1.82) is 0 Å². The minimum Gasteiger partial charge on any atom is -0.497 e. The van der Waals surface area contributed by atoms with Crippen LogP contribution in [-0.2, 0) is 6.42 Å². The third-order valence-electron chi connectivity index (χ3n) is 4.65. The SMILES string of the molecule is COc1ccc(C(Cc2ccc(-n3cccc3)cc2)n2ccnc2)cc1. The van der Waals surface area contributed by atoms with Crippen molar-refractivity contribution in [2.45, 2.75) is 12.5 Å². The molecule has 0 spiro atoms. The molecule has 0 saturated heterocycles. The van der Waals surface area contributed by atoms with Crippen LogP contribution in [0.5, 0.6) is 5.75 Å². The molecule has 0 bridgehead atoms. The largest absolute Gasteiger partial charge is 0.497 e. The first-order valence-electron chi connectivity index (χ1n) is 8.67. The molecule has 4 aromatic rings. The predicted molar refractivity (Wildman–Crippen MR) is 103 cm³/mol. The number of ether oxygens (including phenoxy) is 1. The molecule has 26 heavy (non-hydrogen) atoms. The Balaban J connectivity index is 1.60. The van der Waals surface area contributed by atoms with E-state index in [0.717, 1.165) is 12.2 Å². The van der Waals surface area contributed by atoms with Crippen LogP contribution in [-0.4, -0.2) is 21.2 Å². The van der Waals surface area contributed by atoms with Gasteiger partial charge in [0.05, 0.1) is 19.5 Å². The second-order valence-corrected chi connectivity index (χ2v) is 6.26. The number of hydrogen-bond donors (Lipinski definition) is 0. The minimum atomic E-state index is 0.195. The second kappa shape index (κ2) is 7.31. The quantitative estimate of drug-likeness (QED) is 0.516. The van der Waals surface area contributed by atoms with Gasteiger partial charge in [0.15, 0.2) is 0 Å². The summed E-state index contributed by atoms with van der Waals surface area (Å²) in [7, 11) is 1.69. The zero-order valence-electron chi connectivity index (χ0n) is 14.7. The number of benzene rings is 2. The molecule has 2 aromatic carbocycles. The van der Waals surface area contributed by atoms with Crippen LogP contribution >= 0.6 is 0 Å². The fourth-order valence-corrected chi connectivity index (χ4v) is 3.21. The van der Waals surface area contributed by atoms with Crippen molar-refractivity contribution >= 4 is 0 Å². The number of methoxy groups -OCH3 is 1. The maximum absolute atomic E-state index is 5.28. The highest BCUT2D eigenvalue weighted by Crippen LogP contribution is 2.25. The Hall–Kier alpha value is -3.27. The van der Waals surface area contributed by atoms with Crippen LogP contribution in [0.15, 0.2) is 91.8 Å². The lowest BCUT2D eigenvalue weighted by Gasteiger charge is -2.20. The predicted octanol–water partition coefficient (Wildman–Crippen LogP) is 4.51. The Kier molecular flexibility index (Phi) is 4.56. The van der Waals surface area contributed by atoms with E-state index in [9.17, 15) is 0 Å². The average molecular weight is 343 g/mol. The lowest BCUT2D eigenvalue weighted by molar-refractivity contribution is 0.414. The van der Waals surface area contributed by atoms with Gasteiger partial charge in [-0.2, -0.15) is 0 Å². The van der Waals surface area contributed by atoms with Crippen molar-refractivity contribution < 1.29 is 4.74 Å². The van der Waals surface area contributed by atoms with E-state index in [4.69, 9.17) is 4.74 Å². The minimum absolute atomic E-state index is 0.195. The summed E-state index contributed by atoms with van der Waals surface area (Å²) in [5.41, 5.74) is 3.69. The van der Waals surface area contributed by atoms with Crippen LogP contribution in [0.4, 0.5) is 0 Å². The van der Waals surface area contributed by atoms with Gasteiger partial charge < -0.3 is 13.9 Å². The Morgan fingerprint density at radius 3 is 2.27 bits per heavy atom. The van der Waals surface area contributed by atoms with E-state index < -0.39 is 0 Å². The van der Waals surface area contributed by atoms with E-state index in [1.165, 1.54) is 16.8 Å². The molecule has 4 heteroatoms. The molecule has 2 aromatic heterocycles. The topological polar surface area (TPSA) is 32.0 Å². The molecule has 0 fully saturated rings. The fourth-order valence-electron chi connectivity index (χ4n) is 3.21. The third-order valence-corrected chi connectivity index (χ3v) is 4.65. The van der Waals surface area contributed by atoms with Crippen molar-refractivity contribution in [3.05, 3.63) is 103 Å². The van der Waals surface area contributed by atoms with Gasteiger partial charge in [-0.3, -0.25) is 0 Å². The van der Waals surface area contributed by atoms with Gasteiger partial charge in [0.25, 0.3) is 0 Å². The van der Waals surface area contributed by atoms with Gasteiger partial charge in [-0.05, 0) is 53.9 Å². The molecule has 0 amide bonds. The molecule has 4 nitrogen and oxygen atoms in total. The highest BCUT2D eigenvalue weighted by atomic mass is 16.5. The normalized spacial score (nSPS) is 12.0. The molecule has 2 heterocycles. The summed E-state index contributed by atoms with van der Waals surface area (Å²) in [5.74, 6) is 0.870. The van der Waals surface area contributed by atoms with Crippen molar-refractivity contribution in [2.75, 3.05) is 7.11 Å². The van der Waals surface area contributed by atoms with Crippen LogP contribution in [0.2, 0.25) is 0 Å². The van der Waals surface area contributed by atoms with E-state index >= 15 is 0 Å². The van der Waals surface area contributed by atoms with E-state index in [0.29, 0.717) is 0 Å². The molecule has 1 atom stereocenters. The number of nitrogens with zero attached hydrogens (tertiary/aromatic N) is 3. The van der Waals surface area contributed by atoms with Crippen molar-refractivity contribution in [2.24, 2.45) is 0 Å². The first kappa shape index (κ1) is 16.2.